The number of aryl methyl sites for hydroxylation is 1. The van der Waals surface area contributed by atoms with Crippen molar-refractivity contribution in [2.75, 3.05) is 13.2 Å². The maximum Gasteiger partial charge on any atom is 0.306 e. The van der Waals surface area contributed by atoms with Gasteiger partial charge in [0.25, 0.3) is 0 Å². The van der Waals surface area contributed by atoms with Crippen molar-refractivity contribution in [3.05, 3.63) is 29.1 Å². The van der Waals surface area contributed by atoms with Crippen molar-refractivity contribution in [3.63, 3.8) is 0 Å². The normalized spacial score (nSPS) is 25.0. The number of carbonyl (C=O) groups is 1. The molecule has 2 aliphatic rings. The molecule has 5 heteroatoms. The molecule has 1 aromatic rings. The van der Waals surface area contributed by atoms with E-state index in [1.807, 2.05) is 19.1 Å². The van der Waals surface area contributed by atoms with Crippen LogP contribution in [0.4, 0.5) is 0 Å². The predicted molar refractivity (Wildman–Crippen MR) is 66.6 cm³/mol. The highest BCUT2D eigenvalue weighted by Gasteiger charge is 2.35. The van der Waals surface area contributed by atoms with E-state index < -0.39 is 11.8 Å². The number of carboxylic acids is 1. The van der Waals surface area contributed by atoms with Crippen molar-refractivity contribution in [1.82, 2.24) is 4.98 Å². The summed E-state index contributed by atoms with van der Waals surface area (Å²) in [5.41, 5.74) is 2.79. The third-order valence-electron chi connectivity index (χ3n) is 3.92. The Bertz CT molecular complexity index is 508. The Morgan fingerprint density at radius 3 is 2.84 bits per heavy atom. The van der Waals surface area contributed by atoms with Crippen LogP contribution in [-0.2, 0) is 32.9 Å². The van der Waals surface area contributed by atoms with Gasteiger partial charge in [0.15, 0.2) is 0 Å². The summed E-state index contributed by atoms with van der Waals surface area (Å²) in [6.45, 7) is 3.03. The molecule has 0 unspecified atom stereocenters. The molecule has 1 aliphatic heterocycles. The third-order valence-corrected chi connectivity index (χ3v) is 3.92. The summed E-state index contributed by atoms with van der Waals surface area (Å²) in [6.07, 6.45) is 1.92. The molecule has 1 fully saturated rings. The number of aliphatic carboxylic acids is 1. The number of rotatable bonds is 2. The van der Waals surface area contributed by atoms with Gasteiger partial charge < -0.3 is 14.6 Å². The second-order valence-corrected chi connectivity index (χ2v) is 5.22. The highest BCUT2D eigenvalue weighted by Crippen LogP contribution is 2.32. The predicted octanol–water partition coefficient (Wildman–Crippen LogP) is 1.49. The molecule has 0 amide bonds. The van der Waals surface area contributed by atoms with Crippen LogP contribution in [0, 0.1) is 5.92 Å². The van der Waals surface area contributed by atoms with E-state index in [1.165, 1.54) is 0 Å². The van der Waals surface area contributed by atoms with Gasteiger partial charge in [0, 0.05) is 5.69 Å². The molecule has 1 aromatic heterocycles. The van der Waals surface area contributed by atoms with Gasteiger partial charge >= 0.3 is 5.97 Å². The zero-order valence-corrected chi connectivity index (χ0v) is 10.9. The highest BCUT2D eigenvalue weighted by atomic mass is 16.7. The van der Waals surface area contributed by atoms with E-state index in [9.17, 15) is 4.79 Å². The first-order valence-electron chi connectivity index (χ1n) is 6.58. The van der Waals surface area contributed by atoms with Gasteiger partial charge in [-0.3, -0.25) is 9.78 Å². The number of carboxylic acid groups (broad SMARTS) is 1. The Balaban J connectivity index is 1.87. The number of ether oxygens (including phenoxy) is 2. The summed E-state index contributed by atoms with van der Waals surface area (Å²) >= 11 is 0. The average molecular weight is 263 g/mol. The van der Waals surface area contributed by atoms with Crippen LogP contribution in [0.3, 0.4) is 0 Å². The summed E-state index contributed by atoms with van der Waals surface area (Å²) in [4.78, 5) is 15.6. The lowest BCUT2D eigenvalue weighted by atomic mass is 9.86. The molecule has 3 rings (SSSR count). The zero-order valence-electron chi connectivity index (χ0n) is 10.9. The van der Waals surface area contributed by atoms with E-state index in [0.717, 1.165) is 17.0 Å². The molecule has 0 saturated carbocycles. The first kappa shape index (κ1) is 12.6. The van der Waals surface area contributed by atoms with Gasteiger partial charge in [0.05, 0.1) is 24.8 Å². The smallest absolute Gasteiger partial charge is 0.306 e. The Labute approximate surface area is 111 Å². The van der Waals surface area contributed by atoms with Crippen LogP contribution < -0.4 is 0 Å². The fourth-order valence-corrected chi connectivity index (χ4v) is 2.74. The van der Waals surface area contributed by atoms with Gasteiger partial charge in [0.1, 0.15) is 0 Å². The minimum atomic E-state index is -0.751. The number of nitrogens with zero attached hydrogens (tertiary/aromatic N) is 1. The maximum atomic E-state index is 11.0. The zero-order chi connectivity index (χ0) is 13.5. The molecular weight excluding hydrogens is 246 g/mol. The number of pyridine rings is 1. The molecule has 102 valence electrons. The van der Waals surface area contributed by atoms with Crippen molar-refractivity contribution in [2.45, 2.75) is 32.0 Å². The average Bonchev–Trinajstić information content (AvgIpc) is 2.85. The fourth-order valence-electron chi connectivity index (χ4n) is 2.74. The molecule has 2 heterocycles. The summed E-state index contributed by atoms with van der Waals surface area (Å²) in [5.74, 6) is -1.75. The lowest BCUT2D eigenvalue weighted by molar-refractivity contribution is -0.153. The molecule has 0 aromatic carbocycles. The lowest BCUT2D eigenvalue weighted by Crippen LogP contribution is -2.27. The van der Waals surface area contributed by atoms with E-state index in [1.54, 1.807) is 0 Å². The molecule has 1 atom stereocenters. The molecule has 1 saturated heterocycles. The Morgan fingerprint density at radius 1 is 1.42 bits per heavy atom. The van der Waals surface area contributed by atoms with Gasteiger partial charge in [-0.05, 0) is 37.8 Å². The lowest BCUT2D eigenvalue weighted by Gasteiger charge is -2.25. The van der Waals surface area contributed by atoms with Gasteiger partial charge in [-0.2, -0.15) is 0 Å². The second-order valence-electron chi connectivity index (χ2n) is 5.22. The van der Waals surface area contributed by atoms with E-state index in [0.29, 0.717) is 32.5 Å². The third kappa shape index (κ3) is 2.24. The number of fused-ring (bicyclic) bond motifs is 1. The van der Waals surface area contributed by atoms with Crippen LogP contribution in [0.2, 0.25) is 0 Å². The molecule has 0 bridgehead atoms. The first-order valence-corrected chi connectivity index (χ1v) is 6.58. The van der Waals surface area contributed by atoms with E-state index >= 15 is 0 Å². The molecule has 0 spiro atoms. The van der Waals surface area contributed by atoms with Crippen molar-refractivity contribution >= 4 is 5.97 Å². The Hall–Kier alpha value is -1.46. The molecule has 5 nitrogen and oxygen atoms in total. The minimum Gasteiger partial charge on any atom is -0.481 e. The maximum absolute atomic E-state index is 11.0. The fraction of sp³-hybridized carbons (Fsp3) is 0.571. The summed E-state index contributed by atoms with van der Waals surface area (Å²) in [5, 5.41) is 9.07. The van der Waals surface area contributed by atoms with Crippen LogP contribution in [0.1, 0.15) is 30.3 Å². The van der Waals surface area contributed by atoms with Gasteiger partial charge in [-0.15, -0.1) is 0 Å². The van der Waals surface area contributed by atoms with Crippen LogP contribution in [-0.4, -0.2) is 29.3 Å². The second kappa shape index (κ2) is 4.58. The van der Waals surface area contributed by atoms with Crippen LogP contribution in [0.25, 0.3) is 0 Å². The Kier molecular flexibility index (Phi) is 3.03. The summed E-state index contributed by atoms with van der Waals surface area (Å²) in [6, 6.07) is 3.84. The molecule has 0 radical (unpaired) electrons. The number of aromatic nitrogens is 1. The van der Waals surface area contributed by atoms with Crippen LogP contribution in [0.15, 0.2) is 12.1 Å². The molecule has 19 heavy (non-hydrogen) atoms. The SMILES string of the molecule is CC1(c2ccc3c(n2)CC[C@H](C(=O)O)C3)OCCO1. The number of hydrogen-bond acceptors (Lipinski definition) is 4. The summed E-state index contributed by atoms with van der Waals surface area (Å²) in [7, 11) is 0. The molecular formula is C14H17NO4. The summed E-state index contributed by atoms with van der Waals surface area (Å²) < 4.78 is 11.2. The Morgan fingerprint density at radius 2 is 2.16 bits per heavy atom. The standard InChI is InChI=1S/C14H17NO4/c1-14(18-6-7-19-14)12-5-3-9-8-10(13(16)17)2-4-11(9)15-12/h3,5,10H,2,4,6-8H2,1H3,(H,16,17)/t10-/m0/s1. The van der Waals surface area contributed by atoms with E-state index in [-0.39, 0.29) is 5.92 Å². The van der Waals surface area contributed by atoms with Crippen LogP contribution >= 0.6 is 0 Å². The van der Waals surface area contributed by atoms with Gasteiger partial charge in [-0.1, -0.05) is 6.07 Å². The van der Waals surface area contributed by atoms with Gasteiger partial charge in [0.2, 0.25) is 5.79 Å². The van der Waals surface area contributed by atoms with Crippen molar-refractivity contribution < 1.29 is 19.4 Å². The van der Waals surface area contributed by atoms with E-state index in [4.69, 9.17) is 14.6 Å². The van der Waals surface area contributed by atoms with Gasteiger partial charge in [-0.25, -0.2) is 0 Å². The van der Waals surface area contributed by atoms with Crippen LogP contribution in [0.5, 0.6) is 0 Å². The van der Waals surface area contributed by atoms with E-state index in [2.05, 4.69) is 4.98 Å². The monoisotopic (exact) mass is 263 g/mol. The minimum absolute atomic E-state index is 0.283. The van der Waals surface area contributed by atoms with Crippen molar-refractivity contribution in [1.29, 1.82) is 0 Å². The topological polar surface area (TPSA) is 68.7 Å². The quantitative estimate of drug-likeness (QED) is 0.875. The number of hydrogen-bond donors (Lipinski definition) is 1. The largest absolute Gasteiger partial charge is 0.481 e. The highest BCUT2D eigenvalue weighted by molar-refractivity contribution is 5.70. The van der Waals surface area contributed by atoms with Crippen molar-refractivity contribution in [2.24, 2.45) is 5.92 Å². The first-order chi connectivity index (χ1) is 9.08. The van der Waals surface area contributed by atoms with Crippen molar-refractivity contribution in [3.8, 4) is 0 Å². The molecule has 1 aliphatic carbocycles. The molecule has 1 N–H and O–H groups in total.